The second-order valence-electron chi connectivity index (χ2n) is 3.85. The van der Waals surface area contributed by atoms with Gasteiger partial charge in [-0.3, -0.25) is 4.79 Å². The summed E-state index contributed by atoms with van der Waals surface area (Å²) in [5, 5.41) is 9.65. The molecule has 0 aliphatic heterocycles. The van der Waals surface area contributed by atoms with E-state index in [0.717, 1.165) is 6.42 Å². The Kier molecular flexibility index (Phi) is 5.51. The van der Waals surface area contributed by atoms with E-state index in [1.165, 1.54) is 11.6 Å². The molecule has 0 aliphatic carbocycles. The van der Waals surface area contributed by atoms with Gasteiger partial charge in [-0.05, 0) is 31.4 Å². The lowest BCUT2D eigenvalue weighted by Gasteiger charge is -2.08. The fraction of sp³-hybridized carbons (Fsp3) is 0.357. The molecule has 0 aromatic heterocycles. The molecule has 0 saturated carbocycles. The zero-order valence-corrected chi connectivity index (χ0v) is 9.60. The maximum atomic E-state index is 11.2. The van der Waals surface area contributed by atoms with Crippen molar-refractivity contribution in [2.45, 2.75) is 32.3 Å². The second-order valence-corrected chi connectivity index (χ2v) is 3.85. The Morgan fingerprint density at radius 3 is 2.69 bits per heavy atom. The van der Waals surface area contributed by atoms with E-state index in [2.05, 4.69) is 0 Å². The van der Waals surface area contributed by atoms with Crippen LogP contribution in [0.1, 0.15) is 25.3 Å². The van der Waals surface area contributed by atoms with Gasteiger partial charge in [-0.15, -0.1) is 0 Å². The van der Waals surface area contributed by atoms with Crippen LogP contribution in [-0.4, -0.2) is 17.0 Å². The van der Waals surface area contributed by atoms with Crippen LogP contribution in [0.3, 0.4) is 0 Å². The van der Waals surface area contributed by atoms with Crippen LogP contribution in [0.2, 0.25) is 0 Å². The zero-order valence-electron chi connectivity index (χ0n) is 9.60. The highest BCUT2D eigenvalue weighted by Gasteiger charge is 2.08. The van der Waals surface area contributed by atoms with Gasteiger partial charge < -0.3 is 5.11 Å². The van der Waals surface area contributed by atoms with E-state index < -0.39 is 6.10 Å². The summed E-state index contributed by atoms with van der Waals surface area (Å²) in [7, 11) is 0. The highest BCUT2D eigenvalue weighted by Crippen LogP contribution is 2.07. The average Bonchev–Trinajstić information content (AvgIpc) is 2.28. The first-order valence-corrected chi connectivity index (χ1v) is 5.60. The topological polar surface area (TPSA) is 37.3 Å². The smallest absolute Gasteiger partial charge is 0.157 e. The number of carbonyl (C=O) groups is 1. The van der Waals surface area contributed by atoms with Crippen LogP contribution in [-0.2, 0) is 11.2 Å². The molecule has 0 saturated heterocycles. The van der Waals surface area contributed by atoms with Crippen molar-refractivity contribution in [2.75, 3.05) is 0 Å². The molecule has 1 aromatic rings. The average molecular weight is 218 g/mol. The molecule has 0 heterocycles. The number of rotatable bonds is 6. The minimum atomic E-state index is -0.538. The minimum absolute atomic E-state index is 0.0111. The minimum Gasteiger partial charge on any atom is -0.393 e. The van der Waals surface area contributed by atoms with Gasteiger partial charge >= 0.3 is 0 Å². The Morgan fingerprint density at radius 2 is 2.06 bits per heavy atom. The number of hydrogen-bond acceptors (Lipinski definition) is 2. The fourth-order valence-electron chi connectivity index (χ4n) is 1.57. The molecular weight excluding hydrogens is 200 g/mol. The summed E-state index contributed by atoms with van der Waals surface area (Å²) in [5.41, 5.74) is 1.19. The molecule has 1 rings (SSSR count). The van der Waals surface area contributed by atoms with Crippen LogP contribution in [0.25, 0.3) is 0 Å². The highest BCUT2D eigenvalue weighted by atomic mass is 16.3. The van der Waals surface area contributed by atoms with Crippen molar-refractivity contribution in [3.05, 3.63) is 48.0 Å². The van der Waals surface area contributed by atoms with Crippen LogP contribution in [0.15, 0.2) is 42.5 Å². The largest absolute Gasteiger partial charge is 0.393 e. The summed E-state index contributed by atoms with van der Waals surface area (Å²) in [6.45, 7) is 1.80. The predicted molar refractivity (Wildman–Crippen MR) is 65.2 cm³/mol. The summed E-state index contributed by atoms with van der Waals surface area (Å²) >= 11 is 0. The van der Waals surface area contributed by atoms with Gasteiger partial charge in [0.1, 0.15) is 0 Å². The first-order chi connectivity index (χ1) is 7.72. The Hall–Kier alpha value is -1.41. The van der Waals surface area contributed by atoms with Crippen molar-refractivity contribution in [3.8, 4) is 0 Å². The first kappa shape index (κ1) is 12.7. The standard InChI is InChI=1S/C14H18O2/c1-2-6-13(15)11-14(16)10-9-12-7-4-3-5-8-12/h2-8,14,16H,9-11H2,1H3/b6-2+/t14-/m0/s1. The van der Waals surface area contributed by atoms with Crippen molar-refractivity contribution in [2.24, 2.45) is 0 Å². The van der Waals surface area contributed by atoms with Gasteiger partial charge in [0.15, 0.2) is 5.78 Å². The van der Waals surface area contributed by atoms with Gasteiger partial charge in [-0.1, -0.05) is 36.4 Å². The van der Waals surface area contributed by atoms with E-state index in [4.69, 9.17) is 0 Å². The molecule has 0 radical (unpaired) electrons. The van der Waals surface area contributed by atoms with E-state index in [9.17, 15) is 9.90 Å². The predicted octanol–water partition coefficient (Wildman–Crippen LogP) is 2.52. The molecule has 0 fully saturated rings. The Labute approximate surface area is 96.6 Å². The van der Waals surface area contributed by atoms with Gasteiger partial charge in [0.2, 0.25) is 0 Å². The Morgan fingerprint density at radius 1 is 1.38 bits per heavy atom. The summed E-state index contributed by atoms with van der Waals surface area (Å²) in [6, 6.07) is 9.98. The number of hydrogen-bond donors (Lipinski definition) is 1. The molecule has 1 N–H and O–H groups in total. The molecule has 0 bridgehead atoms. The molecule has 2 heteroatoms. The molecule has 1 atom stereocenters. The van der Waals surface area contributed by atoms with Crippen LogP contribution in [0, 0.1) is 0 Å². The maximum Gasteiger partial charge on any atom is 0.157 e. The SMILES string of the molecule is C/C=C/C(=O)C[C@@H](O)CCc1ccccc1. The third-order valence-corrected chi connectivity index (χ3v) is 2.40. The molecule has 0 spiro atoms. The third kappa shape index (κ3) is 4.89. The van der Waals surface area contributed by atoms with Gasteiger partial charge in [0.25, 0.3) is 0 Å². The quantitative estimate of drug-likeness (QED) is 0.745. The Bertz CT molecular complexity index is 341. The van der Waals surface area contributed by atoms with Gasteiger partial charge in [-0.2, -0.15) is 0 Å². The maximum absolute atomic E-state index is 11.2. The molecule has 86 valence electrons. The number of carbonyl (C=O) groups excluding carboxylic acids is 1. The summed E-state index contributed by atoms with van der Waals surface area (Å²) in [4.78, 5) is 11.2. The monoisotopic (exact) mass is 218 g/mol. The number of allylic oxidation sites excluding steroid dienone is 2. The number of ketones is 1. The molecule has 16 heavy (non-hydrogen) atoms. The Balaban J connectivity index is 2.30. The van der Waals surface area contributed by atoms with Crippen LogP contribution in [0.5, 0.6) is 0 Å². The van der Waals surface area contributed by atoms with Gasteiger partial charge in [0.05, 0.1) is 6.10 Å². The van der Waals surface area contributed by atoms with E-state index >= 15 is 0 Å². The lowest BCUT2D eigenvalue weighted by Crippen LogP contribution is -2.12. The highest BCUT2D eigenvalue weighted by molar-refractivity contribution is 5.89. The number of benzene rings is 1. The van der Waals surface area contributed by atoms with Crippen LogP contribution in [0.4, 0.5) is 0 Å². The molecule has 0 aliphatic rings. The molecule has 1 aromatic carbocycles. The van der Waals surface area contributed by atoms with E-state index in [1.54, 1.807) is 13.0 Å². The van der Waals surface area contributed by atoms with Crippen LogP contribution >= 0.6 is 0 Å². The second kappa shape index (κ2) is 6.96. The van der Waals surface area contributed by atoms with Gasteiger partial charge in [-0.25, -0.2) is 0 Å². The van der Waals surface area contributed by atoms with Crippen LogP contribution < -0.4 is 0 Å². The summed E-state index contributed by atoms with van der Waals surface area (Å²) in [6.07, 6.45) is 4.33. The summed E-state index contributed by atoms with van der Waals surface area (Å²) in [5.74, 6) is -0.0111. The normalized spacial score (nSPS) is 12.9. The van der Waals surface area contributed by atoms with Gasteiger partial charge in [0, 0.05) is 6.42 Å². The number of aliphatic hydroxyl groups is 1. The number of aryl methyl sites for hydroxylation is 1. The lowest BCUT2D eigenvalue weighted by atomic mass is 10.0. The molecular formula is C14H18O2. The molecule has 2 nitrogen and oxygen atoms in total. The fourth-order valence-corrected chi connectivity index (χ4v) is 1.57. The van der Waals surface area contributed by atoms with Crippen molar-refractivity contribution >= 4 is 5.78 Å². The summed E-state index contributed by atoms with van der Waals surface area (Å²) < 4.78 is 0. The van der Waals surface area contributed by atoms with Crippen molar-refractivity contribution in [1.29, 1.82) is 0 Å². The molecule has 0 amide bonds. The molecule has 0 unspecified atom stereocenters. The first-order valence-electron chi connectivity index (χ1n) is 5.60. The van der Waals surface area contributed by atoms with Crippen molar-refractivity contribution in [1.82, 2.24) is 0 Å². The zero-order chi connectivity index (χ0) is 11.8. The van der Waals surface area contributed by atoms with E-state index in [-0.39, 0.29) is 12.2 Å². The third-order valence-electron chi connectivity index (χ3n) is 2.40. The number of aliphatic hydroxyl groups excluding tert-OH is 1. The lowest BCUT2D eigenvalue weighted by molar-refractivity contribution is -0.116. The van der Waals surface area contributed by atoms with Crippen molar-refractivity contribution < 1.29 is 9.90 Å². The van der Waals surface area contributed by atoms with E-state index in [0.29, 0.717) is 6.42 Å². The van der Waals surface area contributed by atoms with E-state index in [1.807, 2.05) is 30.3 Å². The van der Waals surface area contributed by atoms with Crippen molar-refractivity contribution in [3.63, 3.8) is 0 Å².